The highest BCUT2D eigenvalue weighted by atomic mass is 16.7. The minimum Gasteiger partial charge on any atom is -0.379 e. The Bertz CT molecular complexity index is 741. The maximum atomic E-state index is 12.2. The van der Waals surface area contributed by atoms with Crippen LogP contribution in [-0.2, 0) is 22.5 Å². The highest BCUT2D eigenvalue weighted by molar-refractivity contribution is 5.94. The number of amides is 1. The molecule has 3 rings (SSSR count). The van der Waals surface area contributed by atoms with Gasteiger partial charge in [0.25, 0.3) is 5.91 Å². The van der Waals surface area contributed by atoms with Gasteiger partial charge in [-0.1, -0.05) is 40.6 Å². The van der Waals surface area contributed by atoms with Crippen molar-refractivity contribution in [3.8, 4) is 0 Å². The normalized spacial score (nSPS) is 19.7. The van der Waals surface area contributed by atoms with E-state index in [4.69, 9.17) is 9.36 Å². The number of rotatable bonds is 6. The van der Waals surface area contributed by atoms with Crippen LogP contribution in [0.15, 0.2) is 40.0 Å². The van der Waals surface area contributed by atoms with E-state index < -0.39 is 5.60 Å². The zero-order chi connectivity index (χ0) is 17.0. The van der Waals surface area contributed by atoms with E-state index in [1.165, 1.54) is 0 Å². The summed E-state index contributed by atoms with van der Waals surface area (Å²) in [6.07, 6.45) is 1.60. The second-order valence-corrected chi connectivity index (χ2v) is 6.10. The molecule has 1 atom stereocenters. The molecule has 7 heteroatoms. The van der Waals surface area contributed by atoms with Crippen LogP contribution >= 0.6 is 0 Å². The lowest BCUT2D eigenvalue weighted by Gasteiger charge is -2.19. The van der Waals surface area contributed by atoms with Gasteiger partial charge in [0.1, 0.15) is 0 Å². The van der Waals surface area contributed by atoms with E-state index in [0.29, 0.717) is 37.5 Å². The molecule has 0 aliphatic carbocycles. The fourth-order valence-electron chi connectivity index (χ4n) is 2.57. The van der Waals surface area contributed by atoms with Crippen LogP contribution in [0.25, 0.3) is 0 Å². The van der Waals surface area contributed by atoms with Crippen LogP contribution in [-0.4, -0.2) is 33.9 Å². The zero-order valence-corrected chi connectivity index (χ0v) is 13.8. The van der Waals surface area contributed by atoms with Gasteiger partial charge in [0.05, 0.1) is 5.71 Å². The van der Waals surface area contributed by atoms with Gasteiger partial charge >= 0.3 is 0 Å². The number of carbonyl (C=O) groups is 1. The smallest absolute Gasteiger partial charge is 0.267 e. The van der Waals surface area contributed by atoms with E-state index in [2.05, 4.69) is 20.6 Å². The average Bonchev–Trinajstić information content (AvgIpc) is 3.15. The molecule has 1 aromatic carbocycles. The van der Waals surface area contributed by atoms with Gasteiger partial charge in [0.2, 0.25) is 11.5 Å². The highest BCUT2D eigenvalue weighted by Crippen LogP contribution is 2.23. The molecule has 24 heavy (non-hydrogen) atoms. The molecule has 0 fully saturated rings. The van der Waals surface area contributed by atoms with Crippen LogP contribution in [0.5, 0.6) is 0 Å². The first kappa shape index (κ1) is 16.2. The van der Waals surface area contributed by atoms with Crippen molar-refractivity contribution in [3.05, 3.63) is 47.6 Å². The fraction of sp³-hybridized carbons (Fsp3) is 0.412. The van der Waals surface area contributed by atoms with E-state index in [0.717, 1.165) is 11.3 Å². The molecule has 126 valence electrons. The number of nitrogens with one attached hydrogen (secondary N) is 1. The summed E-state index contributed by atoms with van der Waals surface area (Å²) < 4.78 is 5.22. The molecule has 0 radical (unpaired) electrons. The lowest BCUT2D eigenvalue weighted by molar-refractivity contribution is -0.141. The van der Waals surface area contributed by atoms with Crippen LogP contribution in [0.3, 0.4) is 0 Å². The zero-order valence-electron chi connectivity index (χ0n) is 13.8. The summed E-state index contributed by atoms with van der Waals surface area (Å²) in [5, 5.41) is 10.6. The van der Waals surface area contributed by atoms with Gasteiger partial charge in [-0.15, -0.1) is 0 Å². The Morgan fingerprint density at radius 2 is 2.12 bits per heavy atom. The third kappa shape index (κ3) is 3.79. The van der Waals surface area contributed by atoms with Crippen molar-refractivity contribution in [2.24, 2.45) is 5.16 Å². The lowest BCUT2D eigenvalue weighted by Crippen LogP contribution is -2.45. The van der Waals surface area contributed by atoms with Crippen molar-refractivity contribution in [3.63, 3.8) is 0 Å². The summed E-state index contributed by atoms with van der Waals surface area (Å²) in [7, 11) is 0. The molecule has 0 saturated carbocycles. The van der Waals surface area contributed by atoms with Gasteiger partial charge < -0.3 is 14.7 Å². The van der Waals surface area contributed by atoms with Crippen LogP contribution in [0.2, 0.25) is 0 Å². The number of hydrogen-bond acceptors (Lipinski definition) is 6. The first-order valence-electron chi connectivity index (χ1n) is 7.90. The van der Waals surface area contributed by atoms with Crippen molar-refractivity contribution in [2.75, 3.05) is 6.54 Å². The Kier molecular flexibility index (Phi) is 4.59. The van der Waals surface area contributed by atoms with Crippen LogP contribution in [0, 0.1) is 0 Å². The number of aromatic nitrogens is 2. The summed E-state index contributed by atoms with van der Waals surface area (Å²) in [5.74, 6) is 0.955. The van der Waals surface area contributed by atoms with Crippen molar-refractivity contribution in [2.45, 2.75) is 38.7 Å². The quantitative estimate of drug-likeness (QED) is 0.874. The van der Waals surface area contributed by atoms with Crippen LogP contribution in [0.4, 0.5) is 0 Å². The van der Waals surface area contributed by atoms with Crippen LogP contribution < -0.4 is 5.32 Å². The maximum Gasteiger partial charge on any atom is 0.267 e. The molecule has 0 spiro atoms. The molecule has 0 bridgehead atoms. The summed E-state index contributed by atoms with van der Waals surface area (Å²) in [6, 6.07) is 9.95. The maximum absolute atomic E-state index is 12.2. The number of hydrogen-bond donors (Lipinski definition) is 1. The Morgan fingerprint density at radius 1 is 1.33 bits per heavy atom. The number of nitrogens with zero attached hydrogens (tertiary/aromatic N) is 3. The third-order valence-electron chi connectivity index (χ3n) is 3.82. The molecule has 1 amide bonds. The molecule has 2 aromatic rings. The Labute approximate surface area is 140 Å². The molecule has 0 unspecified atom stereocenters. The van der Waals surface area contributed by atoms with Gasteiger partial charge in [-0.05, 0) is 19.4 Å². The highest BCUT2D eigenvalue weighted by Gasteiger charge is 2.40. The van der Waals surface area contributed by atoms with Gasteiger partial charge in [-0.2, -0.15) is 4.98 Å². The van der Waals surface area contributed by atoms with E-state index in [-0.39, 0.29) is 5.91 Å². The minimum absolute atomic E-state index is 0.188. The summed E-state index contributed by atoms with van der Waals surface area (Å²) in [4.78, 5) is 21.7. The largest absolute Gasteiger partial charge is 0.379 e. The third-order valence-corrected chi connectivity index (χ3v) is 3.82. The van der Waals surface area contributed by atoms with Crippen LogP contribution in [0.1, 0.15) is 37.5 Å². The standard InChI is InChI=1S/C17H20N4O3/c1-12-11-17(2,24-20-12)16(22)18-9-8-15-19-14(21-23-15)10-13-6-4-3-5-7-13/h3-7H,8-11H2,1-2H3,(H,18,22)/t17-/m0/s1. The van der Waals surface area contributed by atoms with E-state index in [9.17, 15) is 4.79 Å². The van der Waals surface area contributed by atoms with Gasteiger partial charge in [-0.3, -0.25) is 4.79 Å². The lowest BCUT2D eigenvalue weighted by atomic mass is 9.99. The second-order valence-electron chi connectivity index (χ2n) is 6.10. The van der Waals surface area contributed by atoms with E-state index in [1.54, 1.807) is 6.92 Å². The van der Waals surface area contributed by atoms with Crippen molar-refractivity contribution in [1.82, 2.24) is 15.5 Å². The monoisotopic (exact) mass is 328 g/mol. The fourth-order valence-corrected chi connectivity index (χ4v) is 2.57. The summed E-state index contributed by atoms with van der Waals surface area (Å²) in [5.41, 5.74) is 1.02. The summed E-state index contributed by atoms with van der Waals surface area (Å²) in [6.45, 7) is 3.97. The molecule has 0 saturated heterocycles. The SMILES string of the molecule is CC1=NO[C@](C)(C(=O)NCCc2nc(Cc3ccccc3)no2)C1. The Hall–Kier alpha value is -2.70. The summed E-state index contributed by atoms with van der Waals surface area (Å²) >= 11 is 0. The first-order chi connectivity index (χ1) is 11.5. The van der Waals surface area contributed by atoms with Gasteiger partial charge in [0.15, 0.2) is 5.82 Å². The first-order valence-corrected chi connectivity index (χ1v) is 7.90. The topological polar surface area (TPSA) is 89.6 Å². The van der Waals surface area contributed by atoms with E-state index in [1.807, 2.05) is 37.3 Å². The molecular formula is C17H20N4O3. The van der Waals surface area contributed by atoms with Crippen molar-refractivity contribution in [1.29, 1.82) is 0 Å². The second kappa shape index (κ2) is 6.82. The van der Waals surface area contributed by atoms with Crippen molar-refractivity contribution < 1.29 is 14.2 Å². The van der Waals surface area contributed by atoms with Gasteiger partial charge in [-0.25, -0.2) is 0 Å². The molecule has 2 heterocycles. The number of benzene rings is 1. The van der Waals surface area contributed by atoms with E-state index >= 15 is 0 Å². The minimum atomic E-state index is -0.919. The molecule has 1 aromatic heterocycles. The average molecular weight is 328 g/mol. The number of oxime groups is 1. The van der Waals surface area contributed by atoms with Crippen molar-refractivity contribution >= 4 is 11.6 Å². The number of carbonyl (C=O) groups excluding carboxylic acids is 1. The molecule has 7 nitrogen and oxygen atoms in total. The molecule has 1 N–H and O–H groups in total. The Balaban J connectivity index is 1.47. The molecule has 1 aliphatic heterocycles. The predicted octanol–water partition coefficient (Wildman–Crippen LogP) is 1.87. The molecule has 1 aliphatic rings. The molecular weight excluding hydrogens is 308 g/mol. The van der Waals surface area contributed by atoms with Gasteiger partial charge in [0, 0.05) is 25.8 Å². The predicted molar refractivity (Wildman–Crippen MR) is 87.5 cm³/mol. The Morgan fingerprint density at radius 3 is 2.83 bits per heavy atom.